The lowest BCUT2D eigenvalue weighted by molar-refractivity contribution is 1.19. The molecule has 0 N–H and O–H groups in total. The number of aromatic nitrogens is 1. The Kier molecular flexibility index (Phi) is 8.53. The maximum absolute atomic E-state index is 2.52. The van der Waals surface area contributed by atoms with Crippen LogP contribution in [0.1, 0.15) is 0 Å². The molecule has 0 amide bonds. The van der Waals surface area contributed by atoms with Crippen molar-refractivity contribution >= 4 is 71.2 Å². The molecular weight excluding hydrogens is 749 g/mol. The molecule has 62 heavy (non-hydrogen) atoms. The van der Waals surface area contributed by atoms with Crippen LogP contribution in [0.2, 0.25) is 0 Å². The molecular formula is C60H40N2. The summed E-state index contributed by atoms with van der Waals surface area (Å²) in [7, 11) is 0. The Balaban J connectivity index is 1.12. The van der Waals surface area contributed by atoms with Crippen LogP contribution in [0.5, 0.6) is 0 Å². The Bertz CT molecular complexity index is 3520. The van der Waals surface area contributed by atoms with E-state index in [1.165, 1.54) is 87.5 Å². The fourth-order valence-electron chi connectivity index (χ4n) is 9.59. The third kappa shape index (κ3) is 6.04. The fraction of sp³-hybridized carbons (Fsp3) is 0. The van der Waals surface area contributed by atoms with Gasteiger partial charge in [-0.05, 0) is 115 Å². The molecule has 0 saturated heterocycles. The minimum absolute atomic E-state index is 1.08. The number of hydrogen-bond donors (Lipinski definition) is 0. The van der Waals surface area contributed by atoms with E-state index >= 15 is 0 Å². The molecule has 0 aliphatic carbocycles. The Hall–Kier alpha value is -8.20. The molecule has 290 valence electrons. The Morgan fingerprint density at radius 2 is 0.790 bits per heavy atom. The SMILES string of the molecule is c1ccc(-c2ccc(N(c3ccc(-c4ccccc4)cc3)c3cc(-n4c5cccc(-c6ccc7ccccc7c6)c5c5c6ccccc6ccc54)c4ccccc4c3)cc2)cc1. The number of hydrogen-bond acceptors (Lipinski definition) is 1. The van der Waals surface area contributed by atoms with Crippen LogP contribution in [0.4, 0.5) is 17.1 Å². The summed E-state index contributed by atoms with van der Waals surface area (Å²) < 4.78 is 2.52. The summed E-state index contributed by atoms with van der Waals surface area (Å²) in [6.45, 7) is 0. The van der Waals surface area contributed by atoms with Crippen molar-refractivity contribution in [2.45, 2.75) is 0 Å². The van der Waals surface area contributed by atoms with Crippen molar-refractivity contribution in [3.05, 3.63) is 243 Å². The molecule has 0 bridgehead atoms. The largest absolute Gasteiger partial charge is 0.310 e. The van der Waals surface area contributed by atoms with Crippen LogP contribution in [0.15, 0.2) is 243 Å². The Morgan fingerprint density at radius 1 is 0.274 bits per heavy atom. The first kappa shape index (κ1) is 35.7. The van der Waals surface area contributed by atoms with E-state index in [1.807, 2.05) is 0 Å². The van der Waals surface area contributed by atoms with Crippen LogP contribution in [-0.2, 0) is 0 Å². The van der Waals surface area contributed by atoms with E-state index in [4.69, 9.17) is 0 Å². The molecule has 1 heterocycles. The van der Waals surface area contributed by atoms with Crippen LogP contribution in [0.25, 0.3) is 93.2 Å². The molecule has 0 spiro atoms. The van der Waals surface area contributed by atoms with E-state index < -0.39 is 0 Å². The van der Waals surface area contributed by atoms with Gasteiger partial charge < -0.3 is 9.47 Å². The molecule has 2 heteroatoms. The van der Waals surface area contributed by atoms with E-state index in [2.05, 4.69) is 252 Å². The van der Waals surface area contributed by atoms with Crippen molar-refractivity contribution in [3.8, 4) is 39.1 Å². The molecule has 12 rings (SSSR count). The van der Waals surface area contributed by atoms with Crippen molar-refractivity contribution in [1.82, 2.24) is 4.57 Å². The van der Waals surface area contributed by atoms with Gasteiger partial charge in [0.25, 0.3) is 0 Å². The van der Waals surface area contributed by atoms with Crippen LogP contribution in [-0.4, -0.2) is 4.57 Å². The second kappa shape index (κ2) is 14.8. The normalized spacial score (nSPS) is 11.5. The third-order valence-electron chi connectivity index (χ3n) is 12.5. The van der Waals surface area contributed by atoms with Gasteiger partial charge >= 0.3 is 0 Å². The average molecular weight is 789 g/mol. The number of benzene rings is 11. The lowest BCUT2D eigenvalue weighted by Crippen LogP contribution is -2.11. The van der Waals surface area contributed by atoms with Gasteiger partial charge in [-0.2, -0.15) is 0 Å². The topological polar surface area (TPSA) is 8.17 Å². The van der Waals surface area contributed by atoms with E-state index in [-0.39, 0.29) is 0 Å². The molecule has 0 radical (unpaired) electrons. The highest BCUT2D eigenvalue weighted by Crippen LogP contribution is 2.45. The summed E-state index contributed by atoms with van der Waals surface area (Å²) in [4.78, 5) is 2.41. The van der Waals surface area contributed by atoms with Crippen LogP contribution in [0.3, 0.4) is 0 Å². The zero-order valence-corrected chi connectivity index (χ0v) is 34.0. The molecule has 0 atom stereocenters. The third-order valence-corrected chi connectivity index (χ3v) is 12.5. The average Bonchev–Trinajstić information content (AvgIpc) is 3.70. The molecule has 0 aliphatic heterocycles. The number of nitrogens with zero attached hydrogens (tertiary/aromatic N) is 2. The van der Waals surface area contributed by atoms with Gasteiger partial charge in [-0.3, -0.25) is 0 Å². The van der Waals surface area contributed by atoms with Gasteiger partial charge in [0.1, 0.15) is 0 Å². The zero-order chi connectivity index (χ0) is 41.0. The summed E-state index contributed by atoms with van der Waals surface area (Å²) in [6.07, 6.45) is 0. The highest BCUT2D eigenvalue weighted by atomic mass is 15.1. The van der Waals surface area contributed by atoms with Gasteiger partial charge in [0.05, 0.1) is 16.7 Å². The smallest absolute Gasteiger partial charge is 0.0561 e. The standard InChI is InChI=1S/C60H40N2/c1-3-14-41(15-4-1)44-28-33-50(34-29-44)61(51-35-30-45(31-36-51)42-16-5-2-6-17-42)52-39-48-21-10-11-22-53(48)58(40-52)62-56-25-13-24-55(49-27-26-43-18-7-8-20-47(43)38-49)60(56)59-54-23-12-9-19-46(54)32-37-57(59)62/h1-40H. The molecule has 12 aromatic rings. The molecule has 0 aliphatic rings. The molecule has 11 aromatic carbocycles. The van der Waals surface area contributed by atoms with Crippen molar-refractivity contribution in [1.29, 1.82) is 0 Å². The Morgan fingerprint density at radius 3 is 1.47 bits per heavy atom. The van der Waals surface area contributed by atoms with Crippen LogP contribution < -0.4 is 4.90 Å². The summed E-state index contributed by atoms with van der Waals surface area (Å²) in [6, 6.07) is 88.6. The van der Waals surface area contributed by atoms with Gasteiger partial charge in [0, 0.05) is 33.2 Å². The number of anilines is 3. The number of rotatable bonds is 7. The minimum Gasteiger partial charge on any atom is -0.310 e. The van der Waals surface area contributed by atoms with Gasteiger partial charge in [0.15, 0.2) is 0 Å². The van der Waals surface area contributed by atoms with Crippen molar-refractivity contribution in [2.75, 3.05) is 4.90 Å². The van der Waals surface area contributed by atoms with Gasteiger partial charge in [-0.15, -0.1) is 0 Å². The van der Waals surface area contributed by atoms with E-state index in [1.54, 1.807) is 0 Å². The molecule has 0 fully saturated rings. The quantitative estimate of drug-likeness (QED) is 0.156. The van der Waals surface area contributed by atoms with Crippen LogP contribution >= 0.6 is 0 Å². The predicted molar refractivity (Wildman–Crippen MR) is 264 cm³/mol. The van der Waals surface area contributed by atoms with Gasteiger partial charge in [0.2, 0.25) is 0 Å². The first-order valence-electron chi connectivity index (χ1n) is 21.3. The van der Waals surface area contributed by atoms with Gasteiger partial charge in [-0.25, -0.2) is 0 Å². The van der Waals surface area contributed by atoms with Crippen molar-refractivity contribution in [3.63, 3.8) is 0 Å². The maximum Gasteiger partial charge on any atom is 0.0561 e. The second-order valence-electron chi connectivity index (χ2n) is 16.1. The fourth-order valence-corrected chi connectivity index (χ4v) is 9.59. The summed E-state index contributed by atoms with van der Waals surface area (Å²) in [5, 5.41) is 9.86. The molecule has 0 unspecified atom stereocenters. The first-order valence-corrected chi connectivity index (χ1v) is 21.3. The minimum atomic E-state index is 1.08. The Labute approximate surface area is 360 Å². The highest BCUT2D eigenvalue weighted by Gasteiger charge is 2.22. The summed E-state index contributed by atoms with van der Waals surface area (Å²) in [5.41, 5.74) is 14.0. The second-order valence-corrected chi connectivity index (χ2v) is 16.1. The highest BCUT2D eigenvalue weighted by molar-refractivity contribution is 6.25. The van der Waals surface area contributed by atoms with Crippen LogP contribution in [0, 0.1) is 0 Å². The summed E-state index contributed by atoms with van der Waals surface area (Å²) in [5.74, 6) is 0. The molecule has 2 nitrogen and oxygen atoms in total. The molecule has 1 aromatic heterocycles. The summed E-state index contributed by atoms with van der Waals surface area (Å²) >= 11 is 0. The lowest BCUT2D eigenvalue weighted by atomic mass is 9.95. The van der Waals surface area contributed by atoms with E-state index in [0.29, 0.717) is 0 Å². The van der Waals surface area contributed by atoms with Gasteiger partial charge in [-0.1, -0.05) is 188 Å². The maximum atomic E-state index is 2.52. The predicted octanol–water partition coefficient (Wildman–Crippen LogP) is 16.7. The van der Waals surface area contributed by atoms with E-state index in [9.17, 15) is 0 Å². The number of fused-ring (bicyclic) bond motifs is 7. The van der Waals surface area contributed by atoms with E-state index in [0.717, 1.165) is 22.7 Å². The van der Waals surface area contributed by atoms with Crippen molar-refractivity contribution < 1.29 is 0 Å². The lowest BCUT2D eigenvalue weighted by Gasteiger charge is -2.27. The first-order chi connectivity index (χ1) is 30.7. The monoisotopic (exact) mass is 788 g/mol. The molecule has 0 saturated carbocycles. The zero-order valence-electron chi connectivity index (χ0n) is 34.0. The van der Waals surface area contributed by atoms with Crippen molar-refractivity contribution in [2.24, 2.45) is 0 Å².